The van der Waals surface area contributed by atoms with E-state index in [4.69, 9.17) is 0 Å². The number of aryl methyl sites for hydroxylation is 2. The molecule has 1 aliphatic carbocycles. The van der Waals surface area contributed by atoms with Gasteiger partial charge in [0.25, 0.3) is 0 Å². The van der Waals surface area contributed by atoms with Gasteiger partial charge >= 0.3 is 0 Å². The molecule has 0 spiro atoms. The molecule has 2 heterocycles. The van der Waals surface area contributed by atoms with E-state index in [-0.39, 0.29) is 23.8 Å². The van der Waals surface area contributed by atoms with Crippen LogP contribution in [0.4, 0.5) is 0 Å². The van der Waals surface area contributed by atoms with Gasteiger partial charge in [0.15, 0.2) is 0 Å². The van der Waals surface area contributed by atoms with Gasteiger partial charge in [-0.25, -0.2) is 0 Å². The lowest BCUT2D eigenvalue weighted by Gasteiger charge is -2.24. The number of carbonyl (C=O) groups is 2. The Kier molecular flexibility index (Phi) is 6.49. The molecule has 0 bridgehead atoms. The van der Waals surface area contributed by atoms with E-state index >= 15 is 0 Å². The SMILES string of the molecule is CN1CCCN(C(=O)[C@@H]2C[C@@H](O)[C@H](NC(=O)CCc3ccnn3C)C2)CC1. The quantitative estimate of drug-likeness (QED) is 0.740. The molecule has 0 aromatic carbocycles. The van der Waals surface area contributed by atoms with Crippen molar-refractivity contribution in [1.29, 1.82) is 0 Å². The predicted octanol–water partition coefficient (Wildman–Crippen LogP) is -0.227. The van der Waals surface area contributed by atoms with E-state index in [1.54, 1.807) is 10.9 Å². The normalized spacial score (nSPS) is 26.8. The number of aliphatic hydroxyl groups excluding tert-OH is 1. The Bertz CT molecular complexity index is 662. The standard InChI is InChI=1S/C19H31N5O3/c1-22-8-3-9-24(11-10-22)19(27)14-12-16(17(25)13-14)21-18(26)5-4-15-6-7-20-23(15)2/h6-7,14,16-17,25H,3-5,8-13H2,1-2H3,(H,21,26)/t14-,16+,17+/m0/s1. The molecule has 8 nitrogen and oxygen atoms in total. The van der Waals surface area contributed by atoms with Crippen molar-refractivity contribution >= 4 is 11.8 Å². The highest BCUT2D eigenvalue weighted by Gasteiger charge is 2.39. The molecule has 2 amide bonds. The van der Waals surface area contributed by atoms with Crippen molar-refractivity contribution < 1.29 is 14.7 Å². The van der Waals surface area contributed by atoms with E-state index in [0.717, 1.165) is 38.3 Å². The summed E-state index contributed by atoms with van der Waals surface area (Å²) in [6.45, 7) is 3.41. The maximum atomic E-state index is 12.8. The van der Waals surface area contributed by atoms with Crippen molar-refractivity contribution in [3.63, 3.8) is 0 Å². The number of nitrogens with one attached hydrogen (secondary N) is 1. The van der Waals surface area contributed by atoms with Crippen LogP contribution in [0, 0.1) is 5.92 Å². The third kappa shape index (κ3) is 5.07. The van der Waals surface area contributed by atoms with Crippen LogP contribution in [0.2, 0.25) is 0 Å². The Morgan fingerprint density at radius 1 is 1.22 bits per heavy atom. The van der Waals surface area contributed by atoms with E-state index in [2.05, 4.69) is 22.4 Å². The molecule has 8 heteroatoms. The van der Waals surface area contributed by atoms with E-state index in [0.29, 0.717) is 25.7 Å². The highest BCUT2D eigenvalue weighted by Crippen LogP contribution is 2.28. The van der Waals surface area contributed by atoms with Gasteiger partial charge in [-0.15, -0.1) is 0 Å². The number of aromatic nitrogens is 2. The number of hydrogen-bond acceptors (Lipinski definition) is 5. The minimum absolute atomic E-state index is 0.0928. The van der Waals surface area contributed by atoms with Gasteiger partial charge < -0.3 is 20.2 Å². The lowest BCUT2D eigenvalue weighted by Crippen LogP contribution is -2.40. The minimum atomic E-state index is -0.658. The zero-order valence-corrected chi connectivity index (χ0v) is 16.3. The number of nitrogens with zero attached hydrogens (tertiary/aromatic N) is 4. The summed E-state index contributed by atoms with van der Waals surface area (Å²) in [6.07, 6.45) is 3.93. The maximum Gasteiger partial charge on any atom is 0.225 e. The van der Waals surface area contributed by atoms with Gasteiger partial charge in [0.2, 0.25) is 11.8 Å². The van der Waals surface area contributed by atoms with Gasteiger partial charge in [0.05, 0.1) is 12.1 Å². The summed E-state index contributed by atoms with van der Waals surface area (Å²) in [4.78, 5) is 29.2. The van der Waals surface area contributed by atoms with Gasteiger partial charge in [0.1, 0.15) is 0 Å². The molecular weight excluding hydrogens is 346 g/mol. The molecule has 27 heavy (non-hydrogen) atoms. The Morgan fingerprint density at radius 2 is 2.04 bits per heavy atom. The van der Waals surface area contributed by atoms with E-state index < -0.39 is 6.10 Å². The number of aliphatic hydroxyl groups is 1. The third-order valence-electron chi connectivity index (χ3n) is 5.79. The van der Waals surface area contributed by atoms with Crippen LogP contribution in [-0.4, -0.2) is 81.9 Å². The van der Waals surface area contributed by atoms with Crippen LogP contribution < -0.4 is 5.32 Å². The Morgan fingerprint density at radius 3 is 2.78 bits per heavy atom. The molecule has 0 unspecified atom stereocenters. The number of hydrogen-bond donors (Lipinski definition) is 2. The fraction of sp³-hybridized carbons (Fsp3) is 0.737. The van der Waals surface area contributed by atoms with Crippen LogP contribution in [0.25, 0.3) is 0 Å². The maximum absolute atomic E-state index is 12.8. The molecule has 1 aromatic rings. The summed E-state index contributed by atoms with van der Waals surface area (Å²) >= 11 is 0. The molecule has 3 rings (SSSR count). The first kappa shape index (κ1) is 19.8. The molecule has 150 valence electrons. The number of carbonyl (C=O) groups excluding carboxylic acids is 2. The minimum Gasteiger partial charge on any atom is -0.391 e. The zero-order chi connectivity index (χ0) is 19.4. The van der Waals surface area contributed by atoms with Crippen molar-refractivity contribution in [2.24, 2.45) is 13.0 Å². The zero-order valence-electron chi connectivity index (χ0n) is 16.3. The number of rotatable bonds is 5. The molecular formula is C19H31N5O3. The second-order valence-electron chi connectivity index (χ2n) is 7.84. The lowest BCUT2D eigenvalue weighted by atomic mass is 10.1. The number of amides is 2. The summed E-state index contributed by atoms with van der Waals surface area (Å²) in [5.41, 5.74) is 0.997. The van der Waals surface area contributed by atoms with Crippen LogP contribution in [0.3, 0.4) is 0 Å². The Hall–Kier alpha value is -1.93. The molecule has 1 saturated heterocycles. The largest absolute Gasteiger partial charge is 0.391 e. The second-order valence-corrected chi connectivity index (χ2v) is 7.84. The smallest absolute Gasteiger partial charge is 0.225 e. The molecule has 2 aliphatic rings. The van der Waals surface area contributed by atoms with Crippen LogP contribution in [0.1, 0.15) is 31.4 Å². The summed E-state index contributed by atoms with van der Waals surface area (Å²) in [5, 5.41) is 17.4. The van der Waals surface area contributed by atoms with Crippen LogP contribution >= 0.6 is 0 Å². The van der Waals surface area contributed by atoms with Crippen molar-refractivity contribution in [3.05, 3.63) is 18.0 Å². The topological polar surface area (TPSA) is 90.7 Å². The van der Waals surface area contributed by atoms with Gasteiger partial charge in [0, 0.05) is 50.9 Å². The molecule has 0 radical (unpaired) electrons. The highest BCUT2D eigenvalue weighted by atomic mass is 16.3. The van der Waals surface area contributed by atoms with Gasteiger partial charge in [-0.3, -0.25) is 14.3 Å². The van der Waals surface area contributed by atoms with Gasteiger partial charge in [-0.1, -0.05) is 0 Å². The first-order chi connectivity index (χ1) is 12.9. The van der Waals surface area contributed by atoms with Crippen molar-refractivity contribution in [2.75, 3.05) is 33.2 Å². The first-order valence-corrected chi connectivity index (χ1v) is 9.85. The molecule has 1 saturated carbocycles. The van der Waals surface area contributed by atoms with Crippen LogP contribution in [0.15, 0.2) is 12.3 Å². The summed E-state index contributed by atoms with van der Waals surface area (Å²) in [6, 6.07) is 1.55. The monoisotopic (exact) mass is 377 g/mol. The van der Waals surface area contributed by atoms with Gasteiger partial charge in [-0.2, -0.15) is 5.10 Å². The Balaban J connectivity index is 1.47. The summed E-state index contributed by atoms with van der Waals surface area (Å²) in [7, 11) is 3.93. The average molecular weight is 377 g/mol. The van der Waals surface area contributed by atoms with Crippen molar-refractivity contribution in [3.8, 4) is 0 Å². The molecule has 2 N–H and O–H groups in total. The molecule has 1 aliphatic heterocycles. The third-order valence-corrected chi connectivity index (χ3v) is 5.79. The fourth-order valence-corrected chi connectivity index (χ4v) is 4.06. The Labute approximate surface area is 160 Å². The average Bonchev–Trinajstić information content (AvgIpc) is 3.13. The van der Waals surface area contributed by atoms with Crippen molar-refractivity contribution in [1.82, 2.24) is 24.9 Å². The van der Waals surface area contributed by atoms with Crippen molar-refractivity contribution in [2.45, 2.75) is 44.2 Å². The fourth-order valence-electron chi connectivity index (χ4n) is 4.06. The number of likely N-dealkylation sites (N-methyl/N-ethyl adjacent to an activating group) is 1. The van der Waals surface area contributed by atoms with E-state index in [1.165, 1.54) is 0 Å². The molecule has 2 fully saturated rings. The first-order valence-electron chi connectivity index (χ1n) is 9.85. The van der Waals surface area contributed by atoms with Gasteiger partial charge in [-0.05, 0) is 45.3 Å². The lowest BCUT2D eigenvalue weighted by molar-refractivity contribution is -0.135. The summed E-state index contributed by atoms with van der Waals surface area (Å²) in [5.74, 6) is -0.175. The second kappa shape index (κ2) is 8.84. The molecule has 3 atom stereocenters. The predicted molar refractivity (Wildman–Crippen MR) is 101 cm³/mol. The van der Waals surface area contributed by atoms with Crippen LogP contribution in [-0.2, 0) is 23.1 Å². The molecule has 1 aromatic heterocycles. The van der Waals surface area contributed by atoms with E-state index in [1.807, 2.05) is 18.0 Å². The highest BCUT2D eigenvalue weighted by molar-refractivity contribution is 5.80. The van der Waals surface area contributed by atoms with E-state index in [9.17, 15) is 14.7 Å². The summed E-state index contributed by atoms with van der Waals surface area (Å²) < 4.78 is 1.75. The van der Waals surface area contributed by atoms with Crippen LogP contribution in [0.5, 0.6) is 0 Å².